The zero-order valence-corrected chi connectivity index (χ0v) is 11.9. The highest BCUT2D eigenvalue weighted by Crippen LogP contribution is 2.22. The molecule has 0 bridgehead atoms. The van der Waals surface area contributed by atoms with Crippen LogP contribution in [0.4, 0.5) is 0 Å². The molecule has 19 heavy (non-hydrogen) atoms. The second-order valence-corrected chi connectivity index (χ2v) is 5.06. The van der Waals surface area contributed by atoms with Crippen LogP contribution >= 0.6 is 11.6 Å². The number of benzene rings is 1. The van der Waals surface area contributed by atoms with E-state index in [1.807, 2.05) is 24.3 Å². The van der Waals surface area contributed by atoms with Gasteiger partial charge in [-0.3, -0.25) is 5.32 Å². The number of halogens is 1. The molecule has 0 aliphatic rings. The first-order valence-corrected chi connectivity index (χ1v) is 6.55. The third kappa shape index (κ3) is 3.60. The van der Waals surface area contributed by atoms with E-state index in [2.05, 4.69) is 24.4 Å². The van der Waals surface area contributed by atoms with E-state index in [1.54, 1.807) is 13.2 Å². The minimum atomic E-state index is -0.269. The minimum absolute atomic E-state index is 0.269. The van der Waals surface area contributed by atoms with Crippen LogP contribution in [0, 0.1) is 0 Å². The molecular formula is C15H18ClNO2. The largest absolute Gasteiger partial charge is 0.448 e. The standard InChI is InChI=1S/C15H18ClNO2/c1-15(11-18-2,12-6-4-3-5-7-12)17-10-13-8-9-14(16)19-13/h3-9,17H,10-11H2,1-2H3/t15-/m0/s1. The molecular weight excluding hydrogens is 262 g/mol. The second-order valence-electron chi connectivity index (χ2n) is 4.69. The molecule has 0 unspecified atom stereocenters. The normalized spacial score (nSPS) is 14.3. The summed E-state index contributed by atoms with van der Waals surface area (Å²) in [5.41, 5.74) is 0.907. The molecule has 4 heteroatoms. The van der Waals surface area contributed by atoms with E-state index in [4.69, 9.17) is 20.8 Å². The van der Waals surface area contributed by atoms with Gasteiger partial charge in [0.25, 0.3) is 0 Å². The smallest absolute Gasteiger partial charge is 0.193 e. The number of nitrogens with one attached hydrogen (secondary N) is 1. The Morgan fingerprint density at radius 1 is 1.21 bits per heavy atom. The van der Waals surface area contributed by atoms with Gasteiger partial charge >= 0.3 is 0 Å². The van der Waals surface area contributed by atoms with Crippen LogP contribution in [0.5, 0.6) is 0 Å². The van der Waals surface area contributed by atoms with Crippen molar-refractivity contribution < 1.29 is 9.15 Å². The van der Waals surface area contributed by atoms with Crippen molar-refractivity contribution in [3.63, 3.8) is 0 Å². The lowest BCUT2D eigenvalue weighted by atomic mass is 9.93. The molecule has 1 aromatic carbocycles. The lowest BCUT2D eigenvalue weighted by Gasteiger charge is -2.30. The van der Waals surface area contributed by atoms with Gasteiger partial charge in [-0.15, -0.1) is 0 Å². The summed E-state index contributed by atoms with van der Waals surface area (Å²) < 4.78 is 10.7. The molecule has 0 fully saturated rings. The highest BCUT2D eigenvalue weighted by atomic mass is 35.5. The van der Waals surface area contributed by atoms with Gasteiger partial charge in [-0.05, 0) is 36.2 Å². The highest BCUT2D eigenvalue weighted by Gasteiger charge is 2.26. The summed E-state index contributed by atoms with van der Waals surface area (Å²) in [6.45, 7) is 3.28. The first-order valence-electron chi connectivity index (χ1n) is 6.18. The lowest BCUT2D eigenvalue weighted by molar-refractivity contribution is 0.115. The molecule has 0 aliphatic heterocycles. The zero-order chi connectivity index (χ0) is 13.7. The Morgan fingerprint density at radius 3 is 2.53 bits per heavy atom. The van der Waals surface area contributed by atoms with Gasteiger partial charge < -0.3 is 9.15 Å². The van der Waals surface area contributed by atoms with E-state index in [0.717, 1.165) is 5.76 Å². The van der Waals surface area contributed by atoms with Gasteiger partial charge in [0.05, 0.1) is 18.7 Å². The Kier molecular flexibility index (Phi) is 4.64. The fourth-order valence-corrected chi connectivity index (χ4v) is 2.22. The fraction of sp³-hybridized carbons (Fsp3) is 0.333. The third-order valence-corrected chi connectivity index (χ3v) is 3.33. The van der Waals surface area contributed by atoms with E-state index in [-0.39, 0.29) is 5.54 Å². The number of rotatable bonds is 6. The van der Waals surface area contributed by atoms with Crippen molar-refractivity contribution in [1.29, 1.82) is 0 Å². The second kappa shape index (κ2) is 6.24. The van der Waals surface area contributed by atoms with Gasteiger partial charge in [0, 0.05) is 7.11 Å². The summed E-state index contributed by atoms with van der Waals surface area (Å²) in [4.78, 5) is 0. The van der Waals surface area contributed by atoms with Crippen molar-refractivity contribution >= 4 is 11.6 Å². The van der Waals surface area contributed by atoms with E-state index in [9.17, 15) is 0 Å². The van der Waals surface area contributed by atoms with Gasteiger partial charge in [0.2, 0.25) is 0 Å². The van der Waals surface area contributed by atoms with Crippen LogP contribution in [0.3, 0.4) is 0 Å². The van der Waals surface area contributed by atoms with Crippen LogP contribution in [0.2, 0.25) is 5.22 Å². The van der Waals surface area contributed by atoms with Gasteiger partial charge in [0.15, 0.2) is 5.22 Å². The topological polar surface area (TPSA) is 34.4 Å². The molecule has 1 aromatic heterocycles. The molecule has 1 heterocycles. The van der Waals surface area contributed by atoms with Crippen molar-refractivity contribution in [2.75, 3.05) is 13.7 Å². The summed E-state index contributed by atoms with van der Waals surface area (Å²) in [7, 11) is 1.70. The Hall–Kier alpha value is -1.29. The van der Waals surface area contributed by atoms with Crippen LogP contribution in [0.15, 0.2) is 46.9 Å². The summed E-state index contributed by atoms with van der Waals surface area (Å²) >= 11 is 5.77. The maximum absolute atomic E-state index is 5.77. The molecule has 1 N–H and O–H groups in total. The molecule has 0 spiro atoms. The average Bonchev–Trinajstić information content (AvgIpc) is 2.84. The molecule has 0 saturated carbocycles. The van der Waals surface area contributed by atoms with Crippen molar-refractivity contribution in [2.45, 2.75) is 19.0 Å². The predicted octanol–water partition coefficient (Wildman–Crippen LogP) is 3.58. The maximum Gasteiger partial charge on any atom is 0.193 e. The summed E-state index contributed by atoms with van der Waals surface area (Å²) in [5.74, 6) is 0.809. The average molecular weight is 280 g/mol. The predicted molar refractivity (Wildman–Crippen MR) is 76.2 cm³/mol. The Morgan fingerprint density at radius 2 is 1.95 bits per heavy atom. The number of ether oxygens (including phenoxy) is 1. The Bertz CT molecular complexity index is 512. The number of furan rings is 1. The fourth-order valence-electron chi connectivity index (χ4n) is 2.06. The summed E-state index contributed by atoms with van der Waals surface area (Å²) in [6, 6.07) is 13.8. The first-order chi connectivity index (χ1) is 9.14. The van der Waals surface area contributed by atoms with Crippen molar-refractivity contribution in [3.05, 3.63) is 59.0 Å². The Balaban J connectivity index is 2.11. The van der Waals surface area contributed by atoms with Crippen LogP contribution in [0.25, 0.3) is 0 Å². The van der Waals surface area contributed by atoms with Crippen LogP contribution < -0.4 is 5.32 Å². The molecule has 3 nitrogen and oxygen atoms in total. The third-order valence-electron chi connectivity index (χ3n) is 3.13. The van der Waals surface area contributed by atoms with E-state index in [0.29, 0.717) is 18.4 Å². The molecule has 0 saturated heterocycles. The minimum Gasteiger partial charge on any atom is -0.448 e. The van der Waals surface area contributed by atoms with Crippen LogP contribution in [-0.2, 0) is 16.8 Å². The number of methoxy groups -OCH3 is 1. The summed E-state index contributed by atoms with van der Waals surface area (Å²) in [6.07, 6.45) is 0. The maximum atomic E-state index is 5.77. The number of hydrogen-bond acceptors (Lipinski definition) is 3. The van der Waals surface area contributed by atoms with Crippen molar-refractivity contribution in [1.82, 2.24) is 5.32 Å². The van der Waals surface area contributed by atoms with Crippen LogP contribution in [0.1, 0.15) is 18.2 Å². The molecule has 0 aliphatic carbocycles. The SMILES string of the molecule is COC[C@](C)(NCc1ccc(Cl)o1)c1ccccc1. The highest BCUT2D eigenvalue weighted by molar-refractivity contribution is 6.28. The van der Waals surface area contributed by atoms with Crippen molar-refractivity contribution in [3.8, 4) is 0 Å². The van der Waals surface area contributed by atoms with Crippen molar-refractivity contribution in [2.24, 2.45) is 0 Å². The number of hydrogen-bond donors (Lipinski definition) is 1. The quantitative estimate of drug-likeness (QED) is 0.878. The lowest BCUT2D eigenvalue weighted by Crippen LogP contribution is -2.42. The van der Waals surface area contributed by atoms with E-state index in [1.165, 1.54) is 5.56 Å². The summed E-state index contributed by atoms with van der Waals surface area (Å²) in [5, 5.41) is 3.87. The van der Waals surface area contributed by atoms with Gasteiger partial charge in [-0.2, -0.15) is 0 Å². The molecule has 1 atom stereocenters. The van der Waals surface area contributed by atoms with Gasteiger partial charge in [-0.1, -0.05) is 30.3 Å². The zero-order valence-electron chi connectivity index (χ0n) is 11.2. The van der Waals surface area contributed by atoms with E-state index >= 15 is 0 Å². The van der Waals surface area contributed by atoms with Gasteiger partial charge in [-0.25, -0.2) is 0 Å². The molecule has 102 valence electrons. The molecule has 0 radical (unpaired) electrons. The molecule has 0 amide bonds. The monoisotopic (exact) mass is 279 g/mol. The van der Waals surface area contributed by atoms with E-state index < -0.39 is 0 Å². The van der Waals surface area contributed by atoms with Gasteiger partial charge in [0.1, 0.15) is 5.76 Å². The molecule has 2 rings (SSSR count). The Labute approximate surface area is 118 Å². The molecule has 2 aromatic rings. The van der Waals surface area contributed by atoms with Crippen LogP contribution in [-0.4, -0.2) is 13.7 Å². The first kappa shape index (κ1) is 14.1.